The number of halogens is 3. The zero-order valence-electron chi connectivity index (χ0n) is 17.0. The molecule has 1 saturated heterocycles. The first-order valence-corrected chi connectivity index (χ1v) is 10.9. The summed E-state index contributed by atoms with van der Waals surface area (Å²) in [5, 5.41) is 13.6. The fourth-order valence-corrected chi connectivity index (χ4v) is 4.48. The second-order valence-corrected chi connectivity index (χ2v) is 8.27. The van der Waals surface area contributed by atoms with Crippen molar-refractivity contribution in [2.75, 3.05) is 22.7 Å². The van der Waals surface area contributed by atoms with Gasteiger partial charge in [0.05, 0.1) is 33.1 Å². The third kappa shape index (κ3) is 4.85. The molecule has 10 heteroatoms. The lowest BCUT2D eigenvalue weighted by Crippen LogP contribution is -2.30. The van der Waals surface area contributed by atoms with Gasteiger partial charge in [-0.3, -0.25) is 0 Å². The van der Waals surface area contributed by atoms with E-state index in [0.717, 1.165) is 56.4 Å². The van der Waals surface area contributed by atoms with Gasteiger partial charge in [0, 0.05) is 25.5 Å². The van der Waals surface area contributed by atoms with Crippen molar-refractivity contribution in [3.63, 3.8) is 0 Å². The van der Waals surface area contributed by atoms with Crippen molar-refractivity contribution >= 4 is 29.3 Å². The number of aromatic carboxylic acids is 1. The Hall–Kier alpha value is -3.14. The van der Waals surface area contributed by atoms with Crippen LogP contribution in [0.2, 0.25) is 0 Å². The second-order valence-electron chi connectivity index (χ2n) is 7.42. The molecule has 32 heavy (non-hydrogen) atoms. The van der Waals surface area contributed by atoms with E-state index in [1.54, 1.807) is 29.2 Å². The Morgan fingerprint density at radius 2 is 1.81 bits per heavy atom. The maximum Gasteiger partial charge on any atom is 0.416 e. The predicted octanol–water partition coefficient (Wildman–Crippen LogP) is 5.70. The third-order valence-corrected chi connectivity index (χ3v) is 6.12. The minimum atomic E-state index is -4.47. The Morgan fingerprint density at radius 3 is 2.47 bits per heavy atom. The van der Waals surface area contributed by atoms with Crippen molar-refractivity contribution in [3.8, 4) is 5.69 Å². The van der Waals surface area contributed by atoms with Crippen LogP contribution in [0.4, 0.5) is 24.5 Å². The highest BCUT2D eigenvalue weighted by Crippen LogP contribution is 2.39. The Kier molecular flexibility index (Phi) is 6.31. The summed E-state index contributed by atoms with van der Waals surface area (Å²) in [7, 11) is 0. The van der Waals surface area contributed by atoms with Crippen LogP contribution in [-0.2, 0) is 6.18 Å². The molecule has 0 bridgehead atoms. The van der Waals surface area contributed by atoms with E-state index in [0.29, 0.717) is 22.0 Å². The van der Waals surface area contributed by atoms with Crippen LogP contribution >= 0.6 is 11.9 Å². The maximum atomic E-state index is 13.4. The number of hydrogen-bond donors (Lipinski definition) is 2. The van der Waals surface area contributed by atoms with Crippen LogP contribution in [-0.4, -0.2) is 33.9 Å². The quantitative estimate of drug-likeness (QED) is 0.458. The van der Waals surface area contributed by atoms with E-state index in [4.69, 9.17) is 0 Å². The van der Waals surface area contributed by atoms with Crippen LogP contribution < -0.4 is 9.62 Å². The molecule has 1 aliphatic heterocycles. The normalized spacial score (nSPS) is 14.4. The minimum Gasteiger partial charge on any atom is -0.478 e. The summed E-state index contributed by atoms with van der Waals surface area (Å²) in [6.07, 6.45) is 1.90. The highest BCUT2D eigenvalue weighted by atomic mass is 32.2. The molecule has 0 unspecified atom stereocenters. The summed E-state index contributed by atoms with van der Waals surface area (Å²) in [6.45, 7) is 1.55. The first kappa shape index (κ1) is 22.1. The van der Waals surface area contributed by atoms with Crippen LogP contribution in [0.1, 0.15) is 35.2 Å². The summed E-state index contributed by atoms with van der Waals surface area (Å²) < 4.78 is 44.7. The number of nitrogens with zero attached hydrogens (tertiary/aromatic N) is 3. The number of hydrogen-bond acceptors (Lipinski definition) is 5. The zero-order valence-corrected chi connectivity index (χ0v) is 17.8. The van der Waals surface area contributed by atoms with Gasteiger partial charge in [0.1, 0.15) is 0 Å². The highest BCUT2D eigenvalue weighted by Gasteiger charge is 2.31. The van der Waals surface area contributed by atoms with E-state index in [-0.39, 0.29) is 5.56 Å². The molecule has 1 aromatic heterocycles. The molecule has 4 rings (SSSR count). The number of carboxylic acids is 1. The number of benzene rings is 2. The predicted molar refractivity (Wildman–Crippen MR) is 118 cm³/mol. The molecule has 0 radical (unpaired) electrons. The molecule has 0 amide bonds. The smallest absolute Gasteiger partial charge is 0.416 e. The van der Waals surface area contributed by atoms with Gasteiger partial charge in [-0.15, -0.1) is 0 Å². The first-order chi connectivity index (χ1) is 15.3. The van der Waals surface area contributed by atoms with Crippen LogP contribution in [0.15, 0.2) is 59.8 Å². The van der Waals surface area contributed by atoms with E-state index in [1.807, 2.05) is 0 Å². The number of nitrogens with one attached hydrogen (secondary N) is 1. The lowest BCUT2D eigenvalue weighted by atomic mass is 10.1. The molecule has 0 atom stereocenters. The first-order valence-electron chi connectivity index (χ1n) is 10.1. The molecule has 6 nitrogen and oxygen atoms in total. The number of rotatable bonds is 6. The molecule has 1 aliphatic rings. The van der Waals surface area contributed by atoms with Gasteiger partial charge in [0.15, 0.2) is 0 Å². The van der Waals surface area contributed by atoms with E-state index in [1.165, 1.54) is 18.2 Å². The lowest BCUT2D eigenvalue weighted by molar-refractivity contribution is -0.137. The van der Waals surface area contributed by atoms with Gasteiger partial charge < -0.3 is 14.7 Å². The van der Waals surface area contributed by atoms with E-state index in [9.17, 15) is 23.1 Å². The Bertz CT molecular complexity index is 1100. The lowest BCUT2D eigenvalue weighted by Gasteiger charge is -2.31. The highest BCUT2D eigenvalue weighted by molar-refractivity contribution is 8.00. The molecule has 0 aliphatic carbocycles. The van der Waals surface area contributed by atoms with Crippen LogP contribution in [0, 0.1) is 0 Å². The van der Waals surface area contributed by atoms with Crippen molar-refractivity contribution in [3.05, 3.63) is 66.0 Å². The molecule has 2 N–H and O–H groups in total. The maximum absolute atomic E-state index is 13.4. The monoisotopic (exact) mass is 462 g/mol. The third-order valence-electron chi connectivity index (χ3n) is 5.25. The molecule has 2 heterocycles. The summed E-state index contributed by atoms with van der Waals surface area (Å²) in [6, 6.07) is 10.00. The van der Waals surface area contributed by atoms with Crippen LogP contribution in [0.25, 0.3) is 5.69 Å². The van der Waals surface area contributed by atoms with Gasteiger partial charge >= 0.3 is 12.1 Å². The van der Waals surface area contributed by atoms with Gasteiger partial charge in [-0.1, -0.05) is 0 Å². The average molecular weight is 462 g/mol. The van der Waals surface area contributed by atoms with Crippen molar-refractivity contribution < 1.29 is 23.1 Å². The second kappa shape index (κ2) is 9.15. The van der Waals surface area contributed by atoms with Gasteiger partial charge in [0.25, 0.3) is 0 Å². The Balaban J connectivity index is 1.69. The van der Waals surface area contributed by atoms with Crippen LogP contribution in [0.5, 0.6) is 0 Å². The SMILES string of the molecule is O=C(O)c1ccc(-n2cccn2)c(SNc2cc(C(F)(F)F)ccc2N2CCCCC2)c1. The molecule has 0 saturated carbocycles. The number of anilines is 2. The molecular weight excluding hydrogens is 441 g/mol. The van der Waals surface area contributed by atoms with Crippen molar-refractivity contribution in [2.24, 2.45) is 0 Å². The number of carbonyl (C=O) groups is 1. The van der Waals surface area contributed by atoms with Crippen molar-refractivity contribution in [1.82, 2.24) is 9.78 Å². The fourth-order valence-electron chi connectivity index (χ4n) is 3.64. The van der Waals surface area contributed by atoms with E-state index >= 15 is 0 Å². The number of piperidine rings is 1. The van der Waals surface area contributed by atoms with E-state index in [2.05, 4.69) is 14.7 Å². The van der Waals surface area contributed by atoms with Gasteiger partial charge in [0.2, 0.25) is 0 Å². The average Bonchev–Trinajstić information content (AvgIpc) is 3.32. The van der Waals surface area contributed by atoms with Gasteiger partial charge in [-0.2, -0.15) is 18.3 Å². The van der Waals surface area contributed by atoms with E-state index < -0.39 is 17.7 Å². The largest absolute Gasteiger partial charge is 0.478 e. The Labute approximate surface area is 187 Å². The zero-order chi connectivity index (χ0) is 22.7. The van der Waals surface area contributed by atoms with Crippen LogP contribution in [0.3, 0.4) is 0 Å². The summed E-state index contributed by atoms with van der Waals surface area (Å²) in [5.41, 5.74) is 0.974. The fraction of sp³-hybridized carbons (Fsp3) is 0.273. The topological polar surface area (TPSA) is 70.4 Å². The molecule has 1 fully saturated rings. The van der Waals surface area contributed by atoms with Gasteiger partial charge in [-0.25, -0.2) is 9.48 Å². The van der Waals surface area contributed by atoms with Crippen molar-refractivity contribution in [2.45, 2.75) is 30.3 Å². The molecule has 0 spiro atoms. The minimum absolute atomic E-state index is 0.0745. The molecule has 2 aromatic carbocycles. The summed E-state index contributed by atoms with van der Waals surface area (Å²) in [5.74, 6) is -1.09. The molecular formula is C22H21F3N4O2S. The van der Waals surface area contributed by atoms with Gasteiger partial charge in [-0.05, 0) is 73.7 Å². The Morgan fingerprint density at radius 1 is 1.06 bits per heavy atom. The summed E-state index contributed by atoms with van der Waals surface area (Å²) in [4.78, 5) is 14.1. The summed E-state index contributed by atoms with van der Waals surface area (Å²) >= 11 is 1.06. The van der Waals surface area contributed by atoms with Crippen molar-refractivity contribution in [1.29, 1.82) is 0 Å². The molecule has 168 valence electrons. The number of alkyl halides is 3. The number of aromatic nitrogens is 2. The standard InChI is InChI=1S/C22H21F3N4O2S/c23-22(24,25)16-6-8-18(28-10-2-1-3-11-28)17(14-16)27-32-20-13-15(21(30)31)5-7-19(20)29-12-4-9-26-29/h4-9,12-14,27H,1-3,10-11H2,(H,30,31). The number of carboxylic acid groups (broad SMARTS) is 1. The molecule has 3 aromatic rings.